The SMILES string of the molecule is CC/C=C/C/C=C/C/C=C/C/C=C/C/C=C/C/C=C/CO. The van der Waals surface area contributed by atoms with Crippen LogP contribution in [0.1, 0.15) is 45.4 Å². The monoisotopic (exact) mass is 286 g/mol. The van der Waals surface area contributed by atoms with E-state index in [9.17, 15) is 0 Å². The highest BCUT2D eigenvalue weighted by molar-refractivity contribution is 5.01. The molecule has 0 saturated heterocycles. The van der Waals surface area contributed by atoms with Crippen LogP contribution in [0.5, 0.6) is 0 Å². The summed E-state index contributed by atoms with van der Waals surface area (Å²) in [5.74, 6) is 0. The summed E-state index contributed by atoms with van der Waals surface area (Å²) in [4.78, 5) is 0. The van der Waals surface area contributed by atoms with Crippen molar-refractivity contribution in [2.75, 3.05) is 6.61 Å². The normalized spacial score (nSPS) is 13.4. The standard InChI is InChI=1S/C20H30O/c1-2-3-4-5-6-7-8-9-10-11-12-13-14-15-16-17-18-19-20-21/h3-4,6-7,9-10,12-13,15-16,18-19,21H,2,5,8,11,14,17,20H2,1H3/b4-3+,7-6+,10-9+,13-12+,16-15+,19-18+. The van der Waals surface area contributed by atoms with Crippen LogP contribution in [0.25, 0.3) is 0 Å². The molecule has 0 bridgehead atoms. The van der Waals surface area contributed by atoms with Crippen molar-refractivity contribution in [2.24, 2.45) is 0 Å². The third kappa shape index (κ3) is 18.4. The van der Waals surface area contributed by atoms with Crippen molar-refractivity contribution in [3.63, 3.8) is 0 Å². The average Bonchev–Trinajstić information content (AvgIpc) is 2.50. The molecule has 1 nitrogen and oxygen atoms in total. The van der Waals surface area contributed by atoms with Gasteiger partial charge in [-0.1, -0.05) is 79.8 Å². The van der Waals surface area contributed by atoms with Gasteiger partial charge in [0.05, 0.1) is 6.61 Å². The molecule has 0 rings (SSSR count). The molecule has 0 aliphatic carbocycles. The first-order valence-electron chi connectivity index (χ1n) is 7.92. The molecule has 0 radical (unpaired) electrons. The second-order valence-electron chi connectivity index (χ2n) is 4.60. The lowest BCUT2D eigenvalue weighted by atomic mass is 10.2. The molecule has 0 amide bonds. The predicted molar refractivity (Wildman–Crippen MR) is 95.3 cm³/mol. The number of hydrogen-bond donors (Lipinski definition) is 1. The topological polar surface area (TPSA) is 20.2 Å². The van der Waals surface area contributed by atoms with Crippen LogP contribution in [0.15, 0.2) is 72.9 Å². The van der Waals surface area contributed by atoms with Crippen molar-refractivity contribution < 1.29 is 5.11 Å². The van der Waals surface area contributed by atoms with E-state index in [4.69, 9.17) is 5.11 Å². The van der Waals surface area contributed by atoms with Gasteiger partial charge in [0.25, 0.3) is 0 Å². The Balaban J connectivity index is 3.47. The molecule has 0 heterocycles. The smallest absolute Gasteiger partial charge is 0.0612 e. The molecule has 0 atom stereocenters. The molecule has 0 saturated carbocycles. The van der Waals surface area contributed by atoms with Gasteiger partial charge in [-0.2, -0.15) is 0 Å². The Morgan fingerprint density at radius 3 is 1.05 bits per heavy atom. The third-order valence-corrected chi connectivity index (χ3v) is 2.70. The summed E-state index contributed by atoms with van der Waals surface area (Å²) in [5, 5.41) is 8.56. The van der Waals surface area contributed by atoms with E-state index < -0.39 is 0 Å². The summed E-state index contributed by atoms with van der Waals surface area (Å²) < 4.78 is 0. The molecule has 0 aliphatic rings. The van der Waals surface area contributed by atoms with Crippen molar-refractivity contribution in [3.8, 4) is 0 Å². The maximum absolute atomic E-state index is 8.56. The van der Waals surface area contributed by atoms with Gasteiger partial charge in [0.1, 0.15) is 0 Å². The molecular weight excluding hydrogens is 256 g/mol. The van der Waals surface area contributed by atoms with Crippen LogP contribution in [0.2, 0.25) is 0 Å². The number of rotatable bonds is 12. The minimum Gasteiger partial charge on any atom is -0.392 e. The molecule has 0 aromatic carbocycles. The maximum Gasteiger partial charge on any atom is 0.0612 e. The Labute approximate surface area is 130 Å². The van der Waals surface area contributed by atoms with E-state index in [1.165, 1.54) is 0 Å². The minimum absolute atomic E-state index is 0.130. The van der Waals surface area contributed by atoms with Crippen LogP contribution in [0, 0.1) is 0 Å². The minimum atomic E-state index is 0.130. The second-order valence-corrected chi connectivity index (χ2v) is 4.60. The van der Waals surface area contributed by atoms with Gasteiger partial charge in [-0.3, -0.25) is 0 Å². The summed E-state index contributed by atoms with van der Waals surface area (Å²) in [6.07, 6.45) is 31.7. The molecule has 21 heavy (non-hydrogen) atoms. The summed E-state index contributed by atoms with van der Waals surface area (Å²) in [5.41, 5.74) is 0. The summed E-state index contributed by atoms with van der Waals surface area (Å²) in [6.45, 7) is 2.28. The van der Waals surface area contributed by atoms with E-state index in [1.807, 2.05) is 6.08 Å². The van der Waals surface area contributed by atoms with Crippen molar-refractivity contribution >= 4 is 0 Å². The van der Waals surface area contributed by atoms with Crippen LogP contribution >= 0.6 is 0 Å². The van der Waals surface area contributed by atoms with Crippen molar-refractivity contribution in [3.05, 3.63) is 72.9 Å². The van der Waals surface area contributed by atoms with Gasteiger partial charge < -0.3 is 5.11 Å². The van der Waals surface area contributed by atoms with Gasteiger partial charge in [-0.05, 0) is 38.5 Å². The van der Waals surface area contributed by atoms with E-state index in [1.54, 1.807) is 6.08 Å². The fourth-order valence-corrected chi connectivity index (χ4v) is 1.60. The lowest BCUT2D eigenvalue weighted by molar-refractivity contribution is 0.342. The van der Waals surface area contributed by atoms with E-state index >= 15 is 0 Å². The largest absolute Gasteiger partial charge is 0.392 e. The fraction of sp³-hybridized carbons (Fsp3) is 0.400. The van der Waals surface area contributed by atoms with Gasteiger partial charge in [-0.25, -0.2) is 0 Å². The molecule has 0 unspecified atom stereocenters. The quantitative estimate of drug-likeness (QED) is 0.458. The van der Waals surface area contributed by atoms with E-state index in [-0.39, 0.29) is 6.61 Å². The highest BCUT2D eigenvalue weighted by Crippen LogP contribution is 1.96. The molecule has 0 aromatic heterocycles. The van der Waals surface area contributed by atoms with Crippen LogP contribution in [-0.4, -0.2) is 11.7 Å². The van der Waals surface area contributed by atoms with Crippen LogP contribution < -0.4 is 0 Å². The van der Waals surface area contributed by atoms with Gasteiger partial charge >= 0.3 is 0 Å². The maximum atomic E-state index is 8.56. The first-order chi connectivity index (χ1) is 10.4. The highest BCUT2D eigenvalue weighted by atomic mass is 16.2. The number of aliphatic hydroxyl groups excluding tert-OH is 1. The molecular formula is C20H30O. The lowest BCUT2D eigenvalue weighted by Gasteiger charge is -1.85. The lowest BCUT2D eigenvalue weighted by Crippen LogP contribution is -1.69. The Morgan fingerprint density at radius 2 is 0.762 bits per heavy atom. The zero-order chi connectivity index (χ0) is 15.4. The molecule has 0 spiro atoms. The highest BCUT2D eigenvalue weighted by Gasteiger charge is 1.75. The van der Waals surface area contributed by atoms with Crippen molar-refractivity contribution in [1.82, 2.24) is 0 Å². The molecule has 1 heteroatoms. The molecule has 116 valence electrons. The van der Waals surface area contributed by atoms with Gasteiger partial charge in [-0.15, -0.1) is 0 Å². The summed E-state index contributed by atoms with van der Waals surface area (Å²) >= 11 is 0. The van der Waals surface area contributed by atoms with Crippen molar-refractivity contribution in [1.29, 1.82) is 0 Å². The number of hydrogen-bond acceptors (Lipinski definition) is 1. The Bertz CT molecular complexity index is 331. The Morgan fingerprint density at radius 1 is 0.476 bits per heavy atom. The second kappa shape index (κ2) is 18.4. The van der Waals surface area contributed by atoms with E-state index in [0.717, 1.165) is 38.5 Å². The predicted octanol–water partition coefficient (Wildman–Crippen LogP) is 5.68. The zero-order valence-corrected chi connectivity index (χ0v) is 13.3. The van der Waals surface area contributed by atoms with Gasteiger partial charge in [0, 0.05) is 0 Å². The summed E-state index contributed by atoms with van der Waals surface area (Å²) in [6, 6.07) is 0. The van der Waals surface area contributed by atoms with Crippen LogP contribution in [-0.2, 0) is 0 Å². The van der Waals surface area contributed by atoms with Crippen LogP contribution in [0.3, 0.4) is 0 Å². The first-order valence-corrected chi connectivity index (χ1v) is 7.92. The van der Waals surface area contributed by atoms with Crippen LogP contribution in [0.4, 0.5) is 0 Å². The van der Waals surface area contributed by atoms with Gasteiger partial charge in [0.15, 0.2) is 0 Å². The average molecular weight is 286 g/mol. The molecule has 0 aliphatic heterocycles. The zero-order valence-electron chi connectivity index (χ0n) is 13.3. The molecule has 1 N–H and O–H groups in total. The number of aliphatic hydroxyl groups is 1. The van der Waals surface area contributed by atoms with E-state index in [0.29, 0.717) is 0 Å². The fourth-order valence-electron chi connectivity index (χ4n) is 1.60. The number of allylic oxidation sites excluding steroid dienone is 11. The molecule has 0 fully saturated rings. The Kier molecular flexibility index (Phi) is 17.0. The van der Waals surface area contributed by atoms with E-state index in [2.05, 4.69) is 67.7 Å². The van der Waals surface area contributed by atoms with Gasteiger partial charge in [0.2, 0.25) is 0 Å². The third-order valence-electron chi connectivity index (χ3n) is 2.70. The first kappa shape index (κ1) is 19.4. The van der Waals surface area contributed by atoms with Crippen molar-refractivity contribution in [2.45, 2.75) is 45.4 Å². The molecule has 0 aromatic rings. The summed E-state index contributed by atoms with van der Waals surface area (Å²) in [7, 11) is 0. The Hall–Kier alpha value is -1.60.